The van der Waals surface area contributed by atoms with Crippen LogP contribution in [0.15, 0.2) is 30.9 Å². The van der Waals surface area contributed by atoms with Gasteiger partial charge in [0.15, 0.2) is 5.78 Å². The second kappa shape index (κ2) is 5.30. The highest BCUT2D eigenvalue weighted by Gasteiger charge is 2.17. The first-order chi connectivity index (χ1) is 8.01. The number of carbonyl (C=O) groups excluding carboxylic acids is 2. The molecule has 1 aromatic rings. The number of ketones is 1. The minimum Gasteiger partial charge on any atom is -0.497 e. The Labute approximate surface area is 100 Å². The molecule has 4 heteroatoms. The highest BCUT2D eigenvalue weighted by molar-refractivity contribution is 6.12. The zero-order valence-corrected chi connectivity index (χ0v) is 10.2. The van der Waals surface area contributed by atoms with Crippen molar-refractivity contribution in [3.8, 4) is 5.75 Å². The van der Waals surface area contributed by atoms with Gasteiger partial charge in [-0.2, -0.15) is 0 Å². The maximum absolute atomic E-state index is 11.9. The summed E-state index contributed by atoms with van der Waals surface area (Å²) in [6.45, 7) is 3.42. The first-order valence-electron chi connectivity index (χ1n) is 5.07. The molecule has 0 unspecified atom stereocenters. The van der Waals surface area contributed by atoms with Gasteiger partial charge in [0.05, 0.1) is 12.7 Å². The molecular formula is C13H15NO3. The van der Waals surface area contributed by atoms with E-state index in [0.29, 0.717) is 16.9 Å². The number of ether oxygens (including phenoxy) is 1. The third-order valence-electron chi connectivity index (χ3n) is 2.31. The van der Waals surface area contributed by atoms with Crippen molar-refractivity contribution in [2.45, 2.75) is 0 Å². The molecule has 1 aromatic carbocycles. The molecule has 0 aliphatic rings. The van der Waals surface area contributed by atoms with Crippen LogP contribution in [0, 0.1) is 0 Å². The Kier molecular flexibility index (Phi) is 4.04. The molecule has 0 heterocycles. The average molecular weight is 233 g/mol. The lowest BCUT2D eigenvalue weighted by Gasteiger charge is -2.13. The fourth-order valence-corrected chi connectivity index (χ4v) is 1.39. The van der Waals surface area contributed by atoms with Gasteiger partial charge in [0, 0.05) is 19.7 Å². The van der Waals surface area contributed by atoms with Crippen LogP contribution in [0.25, 0.3) is 0 Å². The van der Waals surface area contributed by atoms with Crippen molar-refractivity contribution in [3.63, 3.8) is 0 Å². The van der Waals surface area contributed by atoms with Crippen molar-refractivity contribution in [2.75, 3.05) is 21.2 Å². The predicted octanol–water partition coefficient (Wildman–Crippen LogP) is 1.77. The van der Waals surface area contributed by atoms with Crippen LogP contribution in [0.2, 0.25) is 0 Å². The van der Waals surface area contributed by atoms with Crippen molar-refractivity contribution in [1.82, 2.24) is 4.90 Å². The van der Waals surface area contributed by atoms with Gasteiger partial charge in [-0.05, 0) is 24.3 Å². The largest absolute Gasteiger partial charge is 0.497 e. The number of rotatable bonds is 4. The average Bonchev–Trinajstić information content (AvgIpc) is 2.35. The lowest BCUT2D eigenvalue weighted by molar-refractivity contribution is 0.0822. The van der Waals surface area contributed by atoms with E-state index in [9.17, 15) is 9.59 Å². The summed E-state index contributed by atoms with van der Waals surface area (Å²) in [6, 6.07) is 4.77. The van der Waals surface area contributed by atoms with Crippen LogP contribution < -0.4 is 4.74 Å². The number of hydrogen-bond donors (Lipinski definition) is 0. The summed E-state index contributed by atoms with van der Waals surface area (Å²) in [5.74, 6) is 0.0115. The van der Waals surface area contributed by atoms with Gasteiger partial charge >= 0.3 is 0 Å². The summed E-state index contributed by atoms with van der Waals surface area (Å²) in [4.78, 5) is 25.0. The SMILES string of the molecule is C=CC(=O)c1cc(OC)ccc1C(=O)N(C)C. The lowest BCUT2D eigenvalue weighted by atomic mass is 10.0. The topological polar surface area (TPSA) is 46.6 Å². The Hall–Kier alpha value is -2.10. The Bertz CT molecular complexity index is 464. The number of methoxy groups -OCH3 is 1. The summed E-state index contributed by atoms with van der Waals surface area (Å²) in [5, 5.41) is 0. The van der Waals surface area contributed by atoms with Crippen LogP contribution >= 0.6 is 0 Å². The Morgan fingerprint density at radius 1 is 1.29 bits per heavy atom. The third kappa shape index (κ3) is 2.72. The standard InChI is InChI=1S/C13H15NO3/c1-5-12(15)11-8-9(17-4)6-7-10(11)13(16)14(2)3/h5-8H,1H2,2-4H3. The van der Waals surface area contributed by atoms with Gasteiger partial charge in [-0.3, -0.25) is 9.59 Å². The van der Waals surface area contributed by atoms with Gasteiger partial charge in [0.2, 0.25) is 0 Å². The van der Waals surface area contributed by atoms with Gasteiger partial charge in [-0.15, -0.1) is 0 Å². The number of allylic oxidation sites excluding steroid dienone is 1. The third-order valence-corrected chi connectivity index (χ3v) is 2.31. The van der Waals surface area contributed by atoms with Crippen molar-refractivity contribution in [3.05, 3.63) is 42.0 Å². The monoisotopic (exact) mass is 233 g/mol. The second-order valence-corrected chi connectivity index (χ2v) is 3.68. The summed E-state index contributed by atoms with van der Waals surface area (Å²) in [5.41, 5.74) is 0.652. The normalized spacial score (nSPS) is 9.59. The van der Waals surface area contributed by atoms with Crippen molar-refractivity contribution >= 4 is 11.7 Å². The molecular weight excluding hydrogens is 218 g/mol. The maximum atomic E-state index is 11.9. The molecule has 0 fully saturated rings. The van der Waals surface area contributed by atoms with E-state index in [1.54, 1.807) is 32.3 Å². The van der Waals surface area contributed by atoms with Gasteiger partial charge in [0.1, 0.15) is 5.75 Å². The molecule has 0 spiro atoms. The summed E-state index contributed by atoms with van der Waals surface area (Å²) in [7, 11) is 4.77. The van der Waals surface area contributed by atoms with Crippen LogP contribution in [-0.4, -0.2) is 37.8 Å². The Morgan fingerprint density at radius 2 is 1.94 bits per heavy atom. The van der Waals surface area contributed by atoms with Gasteiger partial charge in [0.25, 0.3) is 5.91 Å². The molecule has 0 saturated heterocycles. The van der Waals surface area contributed by atoms with Crippen LogP contribution in [0.4, 0.5) is 0 Å². The quantitative estimate of drug-likeness (QED) is 0.588. The minimum absolute atomic E-state index is 0.224. The van der Waals surface area contributed by atoms with E-state index in [1.165, 1.54) is 18.1 Å². The van der Waals surface area contributed by atoms with Crippen molar-refractivity contribution < 1.29 is 14.3 Å². The van der Waals surface area contributed by atoms with E-state index in [2.05, 4.69) is 6.58 Å². The van der Waals surface area contributed by atoms with Gasteiger partial charge < -0.3 is 9.64 Å². The molecule has 90 valence electrons. The smallest absolute Gasteiger partial charge is 0.254 e. The summed E-state index contributed by atoms with van der Waals surface area (Å²) in [6.07, 6.45) is 1.18. The fraction of sp³-hybridized carbons (Fsp3) is 0.231. The predicted molar refractivity (Wildman–Crippen MR) is 65.5 cm³/mol. The van der Waals surface area contributed by atoms with Gasteiger partial charge in [-0.25, -0.2) is 0 Å². The molecule has 0 N–H and O–H groups in total. The maximum Gasteiger partial charge on any atom is 0.254 e. The molecule has 0 aliphatic carbocycles. The highest BCUT2D eigenvalue weighted by atomic mass is 16.5. The first-order valence-corrected chi connectivity index (χ1v) is 5.07. The molecule has 1 rings (SSSR count). The second-order valence-electron chi connectivity index (χ2n) is 3.68. The molecule has 0 bridgehead atoms. The molecule has 0 saturated carbocycles. The van der Waals surface area contributed by atoms with E-state index in [0.717, 1.165) is 0 Å². The number of carbonyl (C=O) groups is 2. The summed E-state index contributed by atoms with van der Waals surface area (Å²) >= 11 is 0. The number of nitrogens with zero attached hydrogens (tertiary/aromatic N) is 1. The van der Waals surface area contributed by atoms with E-state index in [-0.39, 0.29) is 11.7 Å². The van der Waals surface area contributed by atoms with Crippen LogP contribution in [0.3, 0.4) is 0 Å². The molecule has 0 atom stereocenters. The number of amides is 1. The Morgan fingerprint density at radius 3 is 2.41 bits per heavy atom. The Balaban J connectivity index is 3.34. The zero-order chi connectivity index (χ0) is 13.0. The number of benzene rings is 1. The molecule has 4 nitrogen and oxygen atoms in total. The van der Waals surface area contributed by atoms with Crippen LogP contribution in [0.1, 0.15) is 20.7 Å². The minimum atomic E-state index is -0.297. The van der Waals surface area contributed by atoms with E-state index < -0.39 is 0 Å². The lowest BCUT2D eigenvalue weighted by Crippen LogP contribution is -2.23. The van der Waals surface area contributed by atoms with E-state index in [4.69, 9.17) is 4.74 Å². The van der Waals surface area contributed by atoms with Crippen LogP contribution in [0.5, 0.6) is 5.75 Å². The van der Waals surface area contributed by atoms with Crippen molar-refractivity contribution in [2.24, 2.45) is 0 Å². The van der Waals surface area contributed by atoms with Crippen LogP contribution in [-0.2, 0) is 0 Å². The molecule has 0 aromatic heterocycles. The number of hydrogen-bond acceptors (Lipinski definition) is 3. The molecule has 0 aliphatic heterocycles. The molecule has 0 radical (unpaired) electrons. The molecule has 17 heavy (non-hydrogen) atoms. The van der Waals surface area contributed by atoms with Crippen molar-refractivity contribution in [1.29, 1.82) is 0 Å². The fourth-order valence-electron chi connectivity index (χ4n) is 1.39. The van der Waals surface area contributed by atoms with E-state index in [1.807, 2.05) is 0 Å². The van der Waals surface area contributed by atoms with E-state index >= 15 is 0 Å². The van der Waals surface area contributed by atoms with Gasteiger partial charge in [-0.1, -0.05) is 6.58 Å². The zero-order valence-electron chi connectivity index (χ0n) is 10.2. The first kappa shape index (κ1) is 13.0. The highest BCUT2D eigenvalue weighted by Crippen LogP contribution is 2.19. The molecule has 1 amide bonds. The summed E-state index contributed by atoms with van der Waals surface area (Å²) < 4.78 is 5.03.